The van der Waals surface area contributed by atoms with Crippen molar-refractivity contribution in [3.8, 4) is 0 Å². The van der Waals surface area contributed by atoms with Crippen LogP contribution in [0.2, 0.25) is 0 Å². The molecule has 2 N–H and O–H groups in total. The molecule has 1 aliphatic heterocycles. The fourth-order valence-electron chi connectivity index (χ4n) is 4.38. The molecule has 0 bridgehead atoms. The van der Waals surface area contributed by atoms with Crippen molar-refractivity contribution in [2.75, 3.05) is 35.7 Å². The van der Waals surface area contributed by atoms with Crippen LogP contribution in [0, 0.1) is 0 Å². The van der Waals surface area contributed by atoms with Gasteiger partial charge in [-0.15, -0.1) is 0 Å². The number of anilines is 3. The number of carbonyl (C=O) groups excluding carboxylic acids is 3. The number of allylic oxidation sites excluding steroid dienone is 4. The average molecular weight is 538 g/mol. The normalized spacial score (nSPS) is 13.2. The molecule has 204 valence electrons. The lowest BCUT2D eigenvalue weighted by atomic mass is 10.1. The maximum absolute atomic E-state index is 13.5. The van der Waals surface area contributed by atoms with Crippen LogP contribution >= 0.6 is 0 Å². The molecule has 0 saturated carbocycles. The van der Waals surface area contributed by atoms with Crippen LogP contribution in [0.1, 0.15) is 56.2 Å². The van der Waals surface area contributed by atoms with Crippen LogP contribution in [0.25, 0.3) is 5.57 Å². The molecule has 2 aromatic carbocycles. The summed E-state index contributed by atoms with van der Waals surface area (Å²) in [5.41, 5.74) is 3.09. The Kier molecular flexibility index (Phi) is 9.19. The van der Waals surface area contributed by atoms with E-state index in [2.05, 4.69) is 38.7 Å². The maximum Gasteiger partial charge on any atom is 0.337 e. The van der Waals surface area contributed by atoms with Crippen molar-refractivity contribution in [2.45, 2.75) is 19.3 Å². The molecule has 2 heterocycles. The van der Waals surface area contributed by atoms with Crippen LogP contribution in [0.5, 0.6) is 0 Å². The van der Waals surface area contributed by atoms with Crippen molar-refractivity contribution in [3.05, 3.63) is 109 Å². The van der Waals surface area contributed by atoms with E-state index in [0.29, 0.717) is 22.8 Å². The monoisotopic (exact) mass is 537 g/mol. The van der Waals surface area contributed by atoms with Gasteiger partial charge in [-0.2, -0.15) is 0 Å². The van der Waals surface area contributed by atoms with Gasteiger partial charge in [0.2, 0.25) is 0 Å². The van der Waals surface area contributed by atoms with Gasteiger partial charge in [-0.25, -0.2) is 14.8 Å². The number of hydrogen-bond donors (Lipinski definition) is 2. The molecular formula is C31H31N5O4. The summed E-state index contributed by atoms with van der Waals surface area (Å²) >= 11 is 0. The Bertz CT molecular complexity index is 1460. The summed E-state index contributed by atoms with van der Waals surface area (Å²) in [5, 5.41) is 5.65. The van der Waals surface area contributed by atoms with Crippen molar-refractivity contribution in [1.29, 1.82) is 0 Å². The first-order valence-electron chi connectivity index (χ1n) is 12.9. The Hall–Kier alpha value is -5.05. The van der Waals surface area contributed by atoms with Gasteiger partial charge in [-0.1, -0.05) is 37.5 Å². The second kappa shape index (κ2) is 13.1. The van der Waals surface area contributed by atoms with Gasteiger partial charge in [0.05, 0.1) is 42.0 Å². The highest BCUT2D eigenvalue weighted by molar-refractivity contribution is 6.13. The van der Waals surface area contributed by atoms with E-state index in [1.54, 1.807) is 48.6 Å². The molecule has 9 nitrogen and oxygen atoms in total. The van der Waals surface area contributed by atoms with E-state index in [1.165, 1.54) is 32.0 Å². The number of nitrogens with one attached hydrogen (secondary N) is 2. The molecule has 40 heavy (non-hydrogen) atoms. The van der Waals surface area contributed by atoms with Crippen LogP contribution in [-0.4, -0.2) is 48.0 Å². The third-order valence-electron chi connectivity index (χ3n) is 6.45. The summed E-state index contributed by atoms with van der Waals surface area (Å²) in [4.78, 5) is 49.4. The third kappa shape index (κ3) is 6.68. The number of aromatic nitrogens is 2. The Balaban J connectivity index is 1.62. The van der Waals surface area contributed by atoms with Crippen molar-refractivity contribution in [3.63, 3.8) is 0 Å². The van der Waals surface area contributed by atoms with Gasteiger partial charge >= 0.3 is 5.97 Å². The van der Waals surface area contributed by atoms with Crippen molar-refractivity contribution in [2.24, 2.45) is 0 Å². The molecule has 0 spiro atoms. The number of carbonyl (C=O) groups is 3. The van der Waals surface area contributed by atoms with E-state index in [4.69, 9.17) is 4.74 Å². The summed E-state index contributed by atoms with van der Waals surface area (Å²) in [6.07, 6.45) is 11.3. The predicted molar refractivity (Wildman–Crippen MR) is 157 cm³/mol. The largest absolute Gasteiger partial charge is 0.465 e. The second-order valence-electron chi connectivity index (χ2n) is 9.12. The topological polar surface area (TPSA) is 114 Å². The van der Waals surface area contributed by atoms with E-state index in [0.717, 1.165) is 31.6 Å². The number of methoxy groups -OCH3 is 1. The fraction of sp³-hybridized carbons (Fsp3) is 0.194. The van der Waals surface area contributed by atoms with E-state index in [-0.39, 0.29) is 16.7 Å². The lowest BCUT2D eigenvalue weighted by Gasteiger charge is -2.29. The molecule has 9 heteroatoms. The van der Waals surface area contributed by atoms with Gasteiger partial charge in [0.1, 0.15) is 0 Å². The van der Waals surface area contributed by atoms with Crippen molar-refractivity contribution >= 4 is 40.4 Å². The molecule has 1 saturated heterocycles. The third-order valence-corrected chi connectivity index (χ3v) is 6.45. The van der Waals surface area contributed by atoms with E-state index >= 15 is 0 Å². The molecule has 0 aliphatic carbocycles. The van der Waals surface area contributed by atoms with E-state index < -0.39 is 17.8 Å². The van der Waals surface area contributed by atoms with Gasteiger partial charge in [0.25, 0.3) is 11.8 Å². The standard InChI is InChI=1S/C31H31N5O4/c1-4-10-21(5-2)28-32-19-24(20-33-28)34-30(38)26-18-25(36-15-7-6-8-16-36)13-14-27(26)35-29(37)22-11-9-12-23(17-22)31(39)40-3/h4-5,9-14,17-20H,1-2,6-8,15-16H2,3H3,(H,34,38)(H,35,37)/b21-10+. The average Bonchev–Trinajstić information content (AvgIpc) is 3.00. The minimum atomic E-state index is -0.547. The maximum atomic E-state index is 13.5. The summed E-state index contributed by atoms with van der Waals surface area (Å²) < 4.78 is 4.76. The van der Waals surface area contributed by atoms with Crippen molar-refractivity contribution < 1.29 is 19.1 Å². The smallest absolute Gasteiger partial charge is 0.337 e. The Morgan fingerprint density at radius 3 is 2.33 bits per heavy atom. The molecule has 0 radical (unpaired) electrons. The number of benzene rings is 2. The molecule has 1 aliphatic rings. The summed E-state index contributed by atoms with van der Waals surface area (Å²) in [5.74, 6) is -1.00. The van der Waals surface area contributed by atoms with E-state index in [9.17, 15) is 14.4 Å². The Labute approximate surface area is 233 Å². The molecule has 0 atom stereocenters. The second-order valence-corrected chi connectivity index (χ2v) is 9.12. The molecule has 1 aromatic heterocycles. The zero-order valence-electron chi connectivity index (χ0n) is 22.4. The van der Waals surface area contributed by atoms with Crippen LogP contribution in [0.3, 0.4) is 0 Å². The Morgan fingerprint density at radius 1 is 0.925 bits per heavy atom. The first-order valence-corrected chi connectivity index (χ1v) is 12.9. The highest BCUT2D eigenvalue weighted by Crippen LogP contribution is 2.27. The molecule has 3 aromatic rings. The number of nitrogens with zero attached hydrogens (tertiary/aromatic N) is 3. The lowest BCUT2D eigenvalue weighted by Crippen LogP contribution is -2.29. The number of esters is 1. The van der Waals surface area contributed by atoms with Gasteiger partial charge in [-0.05, 0) is 55.7 Å². The predicted octanol–water partition coefficient (Wildman–Crippen LogP) is 5.51. The molecule has 1 fully saturated rings. The number of hydrogen-bond acceptors (Lipinski definition) is 7. The van der Waals surface area contributed by atoms with Gasteiger partial charge in [0, 0.05) is 29.9 Å². The highest BCUT2D eigenvalue weighted by atomic mass is 16.5. The number of rotatable bonds is 9. The highest BCUT2D eigenvalue weighted by Gasteiger charge is 2.20. The SMILES string of the molecule is C=C/C=C(\C=C)c1ncc(NC(=O)c2cc(N3CCCCC3)ccc2NC(=O)c2cccc(C(=O)OC)c2)cn1. The summed E-state index contributed by atoms with van der Waals surface area (Å²) in [7, 11) is 1.28. The van der Waals surface area contributed by atoms with Crippen LogP contribution in [0.15, 0.2) is 86.2 Å². The minimum absolute atomic E-state index is 0.250. The number of amides is 2. The molecule has 0 unspecified atom stereocenters. The van der Waals surface area contributed by atoms with Crippen LogP contribution < -0.4 is 15.5 Å². The first kappa shape index (κ1) is 28.0. The number of ether oxygens (including phenoxy) is 1. The summed E-state index contributed by atoms with van der Waals surface area (Å²) in [6, 6.07) is 11.6. The van der Waals surface area contributed by atoms with Crippen molar-refractivity contribution in [1.82, 2.24) is 9.97 Å². The Morgan fingerprint density at radius 2 is 1.65 bits per heavy atom. The van der Waals surface area contributed by atoms with Gasteiger partial charge in [0.15, 0.2) is 5.82 Å². The first-order chi connectivity index (χ1) is 19.4. The zero-order chi connectivity index (χ0) is 28.5. The van der Waals surface area contributed by atoms with Gasteiger partial charge in [-0.3, -0.25) is 9.59 Å². The minimum Gasteiger partial charge on any atom is -0.465 e. The fourth-order valence-corrected chi connectivity index (χ4v) is 4.38. The van der Waals surface area contributed by atoms with E-state index in [1.807, 2.05) is 6.07 Å². The lowest BCUT2D eigenvalue weighted by molar-refractivity contribution is 0.0600. The van der Waals surface area contributed by atoms with Crippen LogP contribution in [0.4, 0.5) is 17.1 Å². The zero-order valence-corrected chi connectivity index (χ0v) is 22.4. The summed E-state index contributed by atoms with van der Waals surface area (Å²) in [6.45, 7) is 9.23. The number of piperidine rings is 1. The molecule has 4 rings (SSSR count). The quantitative estimate of drug-likeness (QED) is 0.273. The molecule has 2 amide bonds. The molecular weight excluding hydrogens is 506 g/mol. The van der Waals surface area contributed by atoms with Gasteiger partial charge < -0.3 is 20.3 Å². The van der Waals surface area contributed by atoms with Crippen LogP contribution in [-0.2, 0) is 4.74 Å².